The number of thiazole rings is 1. The second kappa shape index (κ2) is 7.35. The molecule has 1 aliphatic rings. The zero-order valence-electron chi connectivity index (χ0n) is 9.52. The standard InChI is InChI=1S/C6H3N2S.C5H11N.Na/c1-2-5-6(7-3-1)9-4-8-5;6-5-3-1-2-4-5;/h1-3H;5H,1-4,6H2;/q-1;;+1. The minimum Gasteiger partial charge on any atom is -0.385 e. The largest absolute Gasteiger partial charge is 1.00 e. The van der Waals surface area contributed by atoms with Gasteiger partial charge in [-0.3, -0.25) is 11.3 Å². The topological polar surface area (TPSA) is 51.8 Å². The molecule has 3 rings (SSSR count). The summed E-state index contributed by atoms with van der Waals surface area (Å²) in [5, 5.41) is 0. The van der Waals surface area contributed by atoms with Crippen molar-refractivity contribution >= 4 is 21.7 Å². The molecule has 0 unspecified atom stereocenters. The van der Waals surface area contributed by atoms with Gasteiger partial charge in [0.1, 0.15) is 0 Å². The van der Waals surface area contributed by atoms with E-state index in [9.17, 15) is 0 Å². The van der Waals surface area contributed by atoms with Crippen LogP contribution in [-0.2, 0) is 0 Å². The van der Waals surface area contributed by atoms with Crippen LogP contribution < -0.4 is 35.3 Å². The molecule has 1 saturated carbocycles. The molecule has 0 aliphatic heterocycles. The molecule has 0 atom stereocenters. The fourth-order valence-corrected chi connectivity index (χ4v) is 2.18. The van der Waals surface area contributed by atoms with Gasteiger partial charge in [0.25, 0.3) is 0 Å². The van der Waals surface area contributed by atoms with Gasteiger partial charge in [0, 0.05) is 12.2 Å². The molecule has 1 fully saturated rings. The molecule has 2 aromatic heterocycles. The second-order valence-corrected chi connectivity index (χ2v) is 4.45. The van der Waals surface area contributed by atoms with Crippen LogP contribution in [0.5, 0.6) is 0 Å². The number of hydrogen-bond acceptors (Lipinski definition) is 4. The zero-order chi connectivity index (χ0) is 10.5. The van der Waals surface area contributed by atoms with Crippen LogP contribution in [0.15, 0.2) is 18.3 Å². The Morgan fingerprint density at radius 2 is 2.12 bits per heavy atom. The number of fused-ring (bicyclic) bond motifs is 1. The number of aromatic nitrogens is 2. The Hall–Kier alpha value is -0.000000000000000139. The summed E-state index contributed by atoms with van der Waals surface area (Å²) in [6, 6.07) is 4.34. The molecule has 0 radical (unpaired) electrons. The molecule has 16 heavy (non-hydrogen) atoms. The van der Waals surface area contributed by atoms with Gasteiger partial charge in [0.2, 0.25) is 0 Å². The molecular formula is C11H14N3NaS. The van der Waals surface area contributed by atoms with Crippen molar-refractivity contribution in [3.8, 4) is 0 Å². The first-order chi connectivity index (χ1) is 7.36. The van der Waals surface area contributed by atoms with Crippen molar-refractivity contribution in [2.75, 3.05) is 0 Å². The van der Waals surface area contributed by atoms with Gasteiger partial charge in [0.05, 0.1) is 0 Å². The Morgan fingerprint density at radius 3 is 2.69 bits per heavy atom. The first-order valence-electron chi connectivity index (χ1n) is 5.19. The van der Waals surface area contributed by atoms with E-state index in [0.29, 0.717) is 6.04 Å². The van der Waals surface area contributed by atoms with Gasteiger partial charge in [-0.15, -0.1) is 6.07 Å². The number of nitrogens with two attached hydrogens (primary N) is 1. The van der Waals surface area contributed by atoms with Gasteiger partial charge in [-0.1, -0.05) is 24.4 Å². The van der Waals surface area contributed by atoms with E-state index in [4.69, 9.17) is 5.73 Å². The van der Waals surface area contributed by atoms with Crippen molar-refractivity contribution in [1.82, 2.24) is 9.97 Å². The molecule has 0 saturated heterocycles. The Morgan fingerprint density at radius 1 is 1.38 bits per heavy atom. The van der Waals surface area contributed by atoms with Crippen LogP contribution in [0.25, 0.3) is 10.3 Å². The molecule has 2 N–H and O–H groups in total. The molecule has 0 amide bonds. The van der Waals surface area contributed by atoms with Crippen LogP contribution in [0.3, 0.4) is 0 Å². The summed E-state index contributed by atoms with van der Waals surface area (Å²) < 4.78 is 0. The van der Waals surface area contributed by atoms with Gasteiger partial charge >= 0.3 is 29.6 Å². The molecule has 5 heteroatoms. The van der Waals surface area contributed by atoms with Crippen molar-refractivity contribution in [3.63, 3.8) is 0 Å². The Bertz CT molecular complexity index is 382. The number of nitrogens with zero attached hydrogens (tertiary/aromatic N) is 2. The molecule has 0 bridgehead atoms. The Balaban J connectivity index is 0.000000162. The van der Waals surface area contributed by atoms with Crippen LogP contribution in [0.4, 0.5) is 0 Å². The summed E-state index contributed by atoms with van der Waals surface area (Å²) in [7, 11) is 0. The fraction of sp³-hybridized carbons (Fsp3) is 0.455. The van der Waals surface area contributed by atoms with E-state index in [-0.39, 0.29) is 29.6 Å². The fourth-order valence-electron chi connectivity index (χ4n) is 1.62. The van der Waals surface area contributed by atoms with E-state index < -0.39 is 0 Å². The SMILES string of the molecule is NC1CCCC1.[Na+].[c-]1nc2cccnc2s1. The number of hydrogen-bond donors (Lipinski definition) is 1. The molecule has 1 aliphatic carbocycles. The third-order valence-electron chi connectivity index (χ3n) is 2.46. The van der Waals surface area contributed by atoms with E-state index in [1.54, 1.807) is 6.20 Å². The minimum atomic E-state index is 0. The predicted molar refractivity (Wildman–Crippen MR) is 62.7 cm³/mol. The maximum Gasteiger partial charge on any atom is 1.00 e. The molecule has 80 valence electrons. The molecular weight excluding hydrogens is 229 g/mol. The molecule has 3 nitrogen and oxygen atoms in total. The Kier molecular flexibility index (Phi) is 6.46. The summed E-state index contributed by atoms with van der Waals surface area (Å²) in [6.45, 7) is 0. The van der Waals surface area contributed by atoms with Crippen LogP contribution in [0, 0.1) is 5.51 Å². The van der Waals surface area contributed by atoms with Gasteiger partial charge in [0.15, 0.2) is 0 Å². The molecule has 0 aromatic carbocycles. The second-order valence-electron chi connectivity index (χ2n) is 3.68. The summed E-state index contributed by atoms with van der Waals surface area (Å²) in [4.78, 5) is 8.97. The van der Waals surface area contributed by atoms with Crippen molar-refractivity contribution < 1.29 is 29.6 Å². The third kappa shape index (κ3) is 4.11. The number of pyridine rings is 1. The number of rotatable bonds is 0. The van der Waals surface area contributed by atoms with Crippen LogP contribution >= 0.6 is 11.3 Å². The van der Waals surface area contributed by atoms with E-state index in [1.807, 2.05) is 12.1 Å². The average Bonchev–Trinajstić information content (AvgIpc) is 2.88. The van der Waals surface area contributed by atoms with Crippen LogP contribution in [0.1, 0.15) is 25.7 Å². The monoisotopic (exact) mass is 243 g/mol. The van der Waals surface area contributed by atoms with Crippen molar-refractivity contribution in [2.24, 2.45) is 5.73 Å². The molecule has 2 heterocycles. The summed E-state index contributed by atoms with van der Waals surface area (Å²) in [5.74, 6) is 0. The summed E-state index contributed by atoms with van der Waals surface area (Å²) in [5.41, 5.74) is 9.23. The van der Waals surface area contributed by atoms with Gasteiger partial charge in [-0.2, -0.15) is 0 Å². The normalized spacial score (nSPS) is 15.3. The average molecular weight is 243 g/mol. The zero-order valence-corrected chi connectivity index (χ0v) is 12.3. The molecule has 2 aromatic rings. The van der Waals surface area contributed by atoms with Crippen molar-refractivity contribution in [3.05, 3.63) is 23.8 Å². The van der Waals surface area contributed by atoms with E-state index in [0.717, 1.165) is 10.3 Å². The van der Waals surface area contributed by atoms with Crippen molar-refractivity contribution in [1.29, 1.82) is 0 Å². The van der Waals surface area contributed by atoms with E-state index in [2.05, 4.69) is 15.5 Å². The minimum absolute atomic E-state index is 0. The Labute approximate surface area is 122 Å². The van der Waals surface area contributed by atoms with Gasteiger partial charge in [-0.25, -0.2) is 0 Å². The van der Waals surface area contributed by atoms with Crippen LogP contribution in [-0.4, -0.2) is 16.0 Å². The van der Waals surface area contributed by atoms with E-state index in [1.165, 1.54) is 37.0 Å². The van der Waals surface area contributed by atoms with E-state index >= 15 is 0 Å². The predicted octanol–water partition coefficient (Wildman–Crippen LogP) is -0.617. The summed E-state index contributed by atoms with van der Waals surface area (Å²) in [6.07, 6.45) is 7.01. The van der Waals surface area contributed by atoms with Gasteiger partial charge < -0.3 is 15.7 Å². The molecule has 0 spiro atoms. The smallest absolute Gasteiger partial charge is 0.385 e. The first-order valence-corrected chi connectivity index (χ1v) is 6.01. The maximum absolute atomic E-state index is 5.53. The maximum atomic E-state index is 5.53. The van der Waals surface area contributed by atoms with Gasteiger partial charge in [-0.05, 0) is 23.2 Å². The first kappa shape index (κ1) is 14.1. The van der Waals surface area contributed by atoms with Crippen LogP contribution in [0.2, 0.25) is 0 Å². The van der Waals surface area contributed by atoms with Crippen molar-refractivity contribution in [2.45, 2.75) is 31.7 Å². The summed E-state index contributed by atoms with van der Waals surface area (Å²) >= 11 is 1.44. The quantitative estimate of drug-likeness (QED) is 0.496. The third-order valence-corrected chi connectivity index (χ3v) is 3.15.